The van der Waals surface area contributed by atoms with Crippen molar-refractivity contribution in [2.75, 3.05) is 16.9 Å². The molecular formula is C21H23N5O2S. The van der Waals surface area contributed by atoms with E-state index in [0.29, 0.717) is 6.42 Å². The first-order chi connectivity index (χ1) is 13.8. The van der Waals surface area contributed by atoms with Gasteiger partial charge in [0.25, 0.3) is 5.56 Å². The standard InChI is InChI=1S/C21H23N5O2S/c1-13-4-6-16(7-5-13)11-18-20(28)26(22)21(25-24-18)29-12-19(27)23-17-9-14(2)8-15(3)10-17/h4-10H,11-12,22H2,1-3H3,(H,23,27). The highest BCUT2D eigenvalue weighted by molar-refractivity contribution is 7.99. The average Bonchev–Trinajstić information content (AvgIpc) is 2.66. The SMILES string of the molecule is Cc1ccc(Cc2nnc(SCC(=O)Nc3cc(C)cc(C)c3)n(N)c2=O)cc1. The van der Waals surface area contributed by atoms with Crippen LogP contribution in [0.5, 0.6) is 0 Å². The van der Waals surface area contributed by atoms with Crippen molar-refractivity contribution in [2.45, 2.75) is 32.3 Å². The Morgan fingerprint density at radius 1 is 1.03 bits per heavy atom. The molecule has 0 bridgehead atoms. The van der Waals surface area contributed by atoms with E-state index in [1.165, 1.54) is 0 Å². The molecule has 0 unspecified atom stereocenters. The lowest BCUT2D eigenvalue weighted by molar-refractivity contribution is -0.113. The molecule has 3 aromatic rings. The van der Waals surface area contributed by atoms with Crippen molar-refractivity contribution < 1.29 is 4.79 Å². The summed E-state index contributed by atoms with van der Waals surface area (Å²) in [5.74, 6) is 5.74. The number of thioether (sulfide) groups is 1. The molecule has 0 spiro atoms. The first-order valence-corrected chi connectivity index (χ1v) is 10.1. The molecule has 1 aromatic heterocycles. The van der Waals surface area contributed by atoms with Crippen LogP contribution in [0.2, 0.25) is 0 Å². The van der Waals surface area contributed by atoms with Gasteiger partial charge in [-0.25, -0.2) is 0 Å². The van der Waals surface area contributed by atoms with Crippen LogP contribution in [0, 0.1) is 20.8 Å². The maximum atomic E-state index is 12.5. The second-order valence-electron chi connectivity index (χ2n) is 6.98. The van der Waals surface area contributed by atoms with Crippen LogP contribution in [0.1, 0.15) is 27.9 Å². The summed E-state index contributed by atoms with van der Waals surface area (Å²) in [6, 6.07) is 13.7. The molecule has 0 radical (unpaired) electrons. The summed E-state index contributed by atoms with van der Waals surface area (Å²) in [5.41, 5.74) is 4.81. The molecule has 2 aromatic carbocycles. The van der Waals surface area contributed by atoms with Crippen molar-refractivity contribution in [2.24, 2.45) is 0 Å². The van der Waals surface area contributed by atoms with Gasteiger partial charge in [0.05, 0.1) is 5.75 Å². The van der Waals surface area contributed by atoms with Crippen molar-refractivity contribution in [1.29, 1.82) is 0 Å². The molecule has 0 aliphatic carbocycles. The molecule has 0 fully saturated rings. The maximum absolute atomic E-state index is 12.5. The summed E-state index contributed by atoms with van der Waals surface area (Å²) in [4.78, 5) is 24.7. The number of hydrogen-bond donors (Lipinski definition) is 2. The van der Waals surface area contributed by atoms with Crippen LogP contribution in [0.3, 0.4) is 0 Å². The zero-order valence-electron chi connectivity index (χ0n) is 16.6. The fourth-order valence-electron chi connectivity index (χ4n) is 2.90. The Kier molecular flexibility index (Phi) is 6.33. The molecule has 7 nitrogen and oxygen atoms in total. The lowest BCUT2D eigenvalue weighted by Crippen LogP contribution is -2.34. The summed E-state index contributed by atoms with van der Waals surface area (Å²) in [6.45, 7) is 5.94. The van der Waals surface area contributed by atoms with E-state index in [2.05, 4.69) is 15.5 Å². The van der Waals surface area contributed by atoms with Crippen molar-refractivity contribution in [3.8, 4) is 0 Å². The summed E-state index contributed by atoms with van der Waals surface area (Å²) < 4.78 is 0.950. The minimum atomic E-state index is -0.419. The monoisotopic (exact) mass is 409 g/mol. The Hall–Kier alpha value is -3.13. The molecule has 29 heavy (non-hydrogen) atoms. The summed E-state index contributed by atoms with van der Waals surface area (Å²) in [7, 11) is 0. The molecule has 0 saturated carbocycles. The second kappa shape index (κ2) is 8.91. The van der Waals surface area contributed by atoms with Crippen LogP contribution in [0.4, 0.5) is 5.69 Å². The van der Waals surface area contributed by atoms with Crippen LogP contribution in [-0.2, 0) is 11.2 Å². The van der Waals surface area contributed by atoms with E-state index in [1.54, 1.807) is 0 Å². The third-order valence-corrected chi connectivity index (χ3v) is 5.20. The number of aromatic nitrogens is 3. The Morgan fingerprint density at radius 2 is 1.69 bits per heavy atom. The van der Waals surface area contributed by atoms with E-state index in [-0.39, 0.29) is 22.5 Å². The van der Waals surface area contributed by atoms with Gasteiger partial charge in [0.1, 0.15) is 5.69 Å². The number of rotatable bonds is 6. The summed E-state index contributed by atoms with van der Waals surface area (Å²) >= 11 is 1.07. The molecule has 0 aliphatic rings. The number of nitrogens with zero attached hydrogens (tertiary/aromatic N) is 3. The van der Waals surface area contributed by atoms with E-state index in [9.17, 15) is 9.59 Å². The van der Waals surface area contributed by atoms with Crippen LogP contribution in [0.15, 0.2) is 52.4 Å². The van der Waals surface area contributed by atoms with E-state index < -0.39 is 5.56 Å². The number of carbonyl (C=O) groups excluding carboxylic acids is 1. The van der Waals surface area contributed by atoms with Gasteiger partial charge < -0.3 is 11.2 Å². The molecule has 1 amide bonds. The highest BCUT2D eigenvalue weighted by Gasteiger charge is 2.13. The van der Waals surface area contributed by atoms with Gasteiger partial charge in [-0.05, 0) is 49.6 Å². The van der Waals surface area contributed by atoms with Gasteiger partial charge in [-0.1, -0.05) is 47.7 Å². The van der Waals surface area contributed by atoms with Crippen molar-refractivity contribution in [1.82, 2.24) is 14.9 Å². The Bertz CT molecular complexity index is 1070. The van der Waals surface area contributed by atoms with E-state index in [1.807, 2.05) is 63.2 Å². The highest BCUT2D eigenvalue weighted by Crippen LogP contribution is 2.16. The van der Waals surface area contributed by atoms with Crippen LogP contribution >= 0.6 is 11.8 Å². The first-order valence-electron chi connectivity index (χ1n) is 9.12. The van der Waals surface area contributed by atoms with Crippen LogP contribution in [-0.4, -0.2) is 26.5 Å². The summed E-state index contributed by atoms with van der Waals surface area (Å²) in [6.07, 6.45) is 0.349. The maximum Gasteiger partial charge on any atom is 0.294 e. The van der Waals surface area contributed by atoms with Crippen molar-refractivity contribution in [3.63, 3.8) is 0 Å². The Labute approximate surface area is 173 Å². The van der Waals surface area contributed by atoms with E-state index in [0.717, 1.165) is 44.4 Å². The van der Waals surface area contributed by atoms with E-state index >= 15 is 0 Å². The Morgan fingerprint density at radius 3 is 2.34 bits per heavy atom. The fraction of sp³-hybridized carbons (Fsp3) is 0.238. The average molecular weight is 410 g/mol. The number of nitrogens with two attached hydrogens (primary N) is 1. The topological polar surface area (TPSA) is 103 Å². The predicted octanol–water partition coefficient (Wildman–Crippen LogP) is 2.60. The smallest absolute Gasteiger partial charge is 0.294 e. The largest absolute Gasteiger partial charge is 0.334 e. The quantitative estimate of drug-likeness (QED) is 0.479. The zero-order chi connectivity index (χ0) is 21.0. The van der Waals surface area contributed by atoms with Gasteiger partial charge in [-0.2, -0.15) is 4.68 Å². The Balaban J connectivity index is 1.65. The van der Waals surface area contributed by atoms with Gasteiger partial charge in [0, 0.05) is 12.1 Å². The normalized spacial score (nSPS) is 10.7. The van der Waals surface area contributed by atoms with Gasteiger partial charge in [-0.3, -0.25) is 9.59 Å². The number of anilines is 1. The molecule has 3 rings (SSSR count). The number of nitrogen functional groups attached to an aromatic ring is 1. The number of amides is 1. The third kappa shape index (κ3) is 5.45. The third-order valence-electron chi connectivity index (χ3n) is 4.26. The van der Waals surface area contributed by atoms with Crippen molar-refractivity contribution in [3.05, 3.63) is 80.8 Å². The lowest BCUT2D eigenvalue weighted by atomic mass is 10.1. The molecule has 150 valence electrons. The number of hydrogen-bond acceptors (Lipinski definition) is 6. The van der Waals surface area contributed by atoms with Crippen LogP contribution < -0.4 is 16.7 Å². The number of carbonyl (C=O) groups is 1. The number of benzene rings is 2. The molecular weight excluding hydrogens is 386 g/mol. The molecule has 0 aliphatic heterocycles. The lowest BCUT2D eigenvalue weighted by Gasteiger charge is -2.09. The van der Waals surface area contributed by atoms with Gasteiger partial charge in [-0.15, -0.1) is 10.2 Å². The minimum absolute atomic E-state index is 0.0651. The minimum Gasteiger partial charge on any atom is -0.334 e. The predicted molar refractivity (Wildman–Crippen MR) is 116 cm³/mol. The highest BCUT2D eigenvalue weighted by atomic mass is 32.2. The molecule has 8 heteroatoms. The van der Waals surface area contributed by atoms with Crippen LogP contribution in [0.25, 0.3) is 0 Å². The van der Waals surface area contributed by atoms with E-state index in [4.69, 9.17) is 5.84 Å². The first kappa shape index (κ1) is 20.6. The van der Waals surface area contributed by atoms with Gasteiger partial charge >= 0.3 is 0 Å². The molecule has 0 atom stereocenters. The second-order valence-corrected chi connectivity index (χ2v) is 7.92. The molecule has 3 N–H and O–H groups in total. The number of aryl methyl sites for hydroxylation is 3. The molecule has 0 saturated heterocycles. The number of nitrogens with one attached hydrogen (secondary N) is 1. The summed E-state index contributed by atoms with van der Waals surface area (Å²) in [5, 5.41) is 11.1. The fourth-order valence-corrected chi connectivity index (χ4v) is 3.56. The van der Waals surface area contributed by atoms with Gasteiger partial charge in [0.15, 0.2) is 0 Å². The van der Waals surface area contributed by atoms with Gasteiger partial charge in [0.2, 0.25) is 11.1 Å². The zero-order valence-corrected chi connectivity index (χ0v) is 17.4. The molecule has 1 heterocycles. The van der Waals surface area contributed by atoms with Crippen molar-refractivity contribution >= 4 is 23.4 Å².